The lowest BCUT2D eigenvalue weighted by molar-refractivity contribution is 0.620. The number of rotatable bonds is 5. The van der Waals surface area contributed by atoms with Crippen molar-refractivity contribution in [1.82, 2.24) is 15.2 Å². The molecule has 0 spiro atoms. The predicted molar refractivity (Wildman–Crippen MR) is 72.0 cm³/mol. The first-order valence-corrected chi connectivity index (χ1v) is 6.36. The molecular weight excluding hydrogens is 224 g/mol. The first-order chi connectivity index (χ1) is 8.65. The maximum Gasteiger partial charge on any atom is 0.167 e. The molecule has 0 fully saturated rings. The number of nitrogens with two attached hydrogens (primary N) is 1. The first-order valence-electron chi connectivity index (χ1n) is 6.36. The van der Waals surface area contributed by atoms with Crippen molar-refractivity contribution in [3.63, 3.8) is 0 Å². The Morgan fingerprint density at radius 1 is 1.17 bits per heavy atom. The lowest BCUT2D eigenvalue weighted by Gasteiger charge is -2.07. The molecule has 1 aromatic heterocycles. The molecule has 2 aromatic rings. The van der Waals surface area contributed by atoms with Crippen LogP contribution in [0.2, 0.25) is 0 Å². The number of aromatic amines is 1. The molecule has 0 aliphatic carbocycles. The number of aromatic nitrogens is 3. The van der Waals surface area contributed by atoms with Crippen molar-refractivity contribution in [1.29, 1.82) is 0 Å². The number of H-pyrrole nitrogens is 1. The molecule has 1 atom stereocenters. The fourth-order valence-electron chi connectivity index (χ4n) is 1.91. The van der Waals surface area contributed by atoms with Crippen LogP contribution in [0, 0.1) is 5.92 Å². The molecule has 1 heterocycles. The van der Waals surface area contributed by atoms with Gasteiger partial charge in [-0.1, -0.05) is 44.2 Å². The molecule has 0 radical (unpaired) electrons. The van der Waals surface area contributed by atoms with E-state index in [9.17, 15) is 0 Å². The van der Waals surface area contributed by atoms with E-state index >= 15 is 0 Å². The molecule has 0 saturated heterocycles. The second-order valence-corrected chi connectivity index (χ2v) is 5.03. The number of hydrogen-bond acceptors (Lipinski definition) is 3. The molecule has 1 aromatic carbocycles. The third-order valence-electron chi connectivity index (χ3n) is 2.78. The minimum absolute atomic E-state index is 0.149. The highest BCUT2D eigenvalue weighted by molar-refractivity contribution is 5.17. The molecule has 18 heavy (non-hydrogen) atoms. The predicted octanol–water partition coefficient (Wildman–Crippen LogP) is 2.25. The standard InChI is InChI=1S/C14H20N4/c1-10(2)8-13-16-14(18-17-13)12(15)9-11-6-4-3-5-7-11/h3-7,10,12H,8-9,15H2,1-2H3,(H,16,17,18)/t12-/m1/s1. The van der Waals surface area contributed by atoms with E-state index < -0.39 is 0 Å². The molecular formula is C14H20N4. The highest BCUT2D eigenvalue weighted by Crippen LogP contribution is 2.13. The topological polar surface area (TPSA) is 67.6 Å². The maximum absolute atomic E-state index is 6.13. The molecule has 2 rings (SSSR count). The van der Waals surface area contributed by atoms with E-state index in [0.717, 1.165) is 18.7 Å². The Labute approximate surface area is 108 Å². The van der Waals surface area contributed by atoms with Gasteiger partial charge in [-0.3, -0.25) is 5.10 Å². The number of benzene rings is 1. The fourth-order valence-corrected chi connectivity index (χ4v) is 1.91. The Morgan fingerprint density at radius 2 is 1.89 bits per heavy atom. The molecule has 0 aliphatic heterocycles. The van der Waals surface area contributed by atoms with Gasteiger partial charge in [0, 0.05) is 6.42 Å². The van der Waals surface area contributed by atoms with Gasteiger partial charge < -0.3 is 5.73 Å². The molecule has 4 heteroatoms. The molecule has 0 saturated carbocycles. The minimum Gasteiger partial charge on any atom is -0.321 e. The zero-order valence-corrected chi connectivity index (χ0v) is 10.9. The van der Waals surface area contributed by atoms with Crippen LogP contribution in [0.15, 0.2) is 30.3 Å². The third kappa shape index (κ3) is 3.40. The van der Waals surface area contributed by atoms with E-state index in [4.69, 9.17) is 5.73 Å². The Balaban J connectivity index is 2.00. The van der Waals surface area contributed by atoms with Gasteiger partial charge in [-0.15, -0.1) is 0 Å². The summed E-state index contributed by atoms with van der Waals surface area (Å²) in [4.78, 5) is 4.45. The zero-order chi connectivity index (χ0) is 13.0. The SMILES string of the molecule is CC(C)Cc1nc([C@H](N)Cc2ccccc2)n[nH]1. The van der Waals surface area contributed by atoms with Crippen molar-refractivity contribution >= 4 is 0 Å². The van der Waals surface area contributed by atoms with E-state index in [0.29, 0.717) is 11.7 Å². The number of nitrogens with one attached hydrogen (secondary N) is 1. The van der Waals surface area contributed by atoms with E-state index in [2.05, 4.69) is 41.2 Å². The molecule has 4 nitrogen and oxygen atoms in total. The van der Waals surface area contributed by atoms with Crippen molar-refractivity contribution in [2.75, 3.05) is 0 Å². The summed E-state index contributed by atoms with van der Waals surface area (Å²) >= 11 is 0. The summed E-state index contributed by atoms with van der Waals surface area (Å²) in [5, 5.41) is 7.17. The van der Waals surface area contributed by atoms with Gasteiger partial charge in [0.2, 0.25) is 0 Å². The minimum atomic E-state index is -0.149. The van der Waals surface area contributed by atoms with E-state index in [1.54, 1.807) is 0 Å². The summed E-state index contributed by atoms with van der Waals surface area (Å²) < 4.78 is 0. The van der Waals surface area contributed by atoms with Gasteiger partial charge in [0.15, 0.2) is 5.82 Å². The molecule has 96 valence electrons. The number of hydrogen-bond donors (Lipinski definition) is 2. The van der Waals surface area contributed by atoms with Crippen LogP contribution in [0.5, 0.6) is 0 Å². The highest BCUT2D eigenvalue weighted by atomic mass is 15.2. The van der Waals surface area contributed by atoms with Crippen LogP contribution in [0.25, 0.3) is 0 Å². The average molecular weight is 244 g/mol. The fraction of sp³-hybridized carbons (Fsp3) is 0.429. The van der Waals surface area contributed by atoms with Crippen molar-refractivity contribution in [2.24, 2.45) is 11.7 Å². The molecule has 0 aliphatic rings. The van der Waals surface area contributed by atoms with E-state index in [1.807, 2.05) is 18.2 Å². The van der Waals surface area contributed by atoms with Gasteiger partial charge in [-0.2, -0.15) is 5.10 Å². The monoisotopic (exact) mass is 244 g/mol. The third-order valence-corrected chi connectivity index (χ3v) is 2.78. The Morgan fingerprint density at radius 3 is 2.56 bits per heavy atom. The Kier molecular flexibility index (Phi) is 4.10. The maximum atomic E-state index is 6.13. The summed E-state index contributed by atoms with van der Waals surface area (Å²) in [6.07, 6.45) is 1.67. The molecule has 0 unspecified atom stereocenters. The van der Waals surface area contributed by atoms with Gasteiger partial charge in [0.1, 0.15) is 5.82 Å². The quantitative estimate of drug-likeness (QED) is 0.847. The van der Waals surface area contributed by atoms with Gasteiger partial charge in [0.25, 0.3) is 0 Å². The Bertz CT molecular complexity index is 476. The lowest BCUT2D eigenvalue weighted by atomic mass is 10.1. The van der Waals surface area contributed by atoms with Crippen LogP contribution in [-0.2, 0) is 12.8 Å². The van der Waals surface area contributed by atoms with Crippen LogP contribution in [0.4, 0.5) is 0 Å². The summed E-state index contributed by atoms with van der Waals surface area (Å²) in [6.45, 7) is 4.32. The van der Waals surface area contributed by atoms with Gasteiger partial charge in [-0.25, -0.2) is 4.98 Å². The lowest BCUT2D eigenvalue weighted by Crippen LogP contribution is -2.15. The first kappa shape index (κ1) is 12.8. The van der Waals surface area contributed by atoms with Crippen LogP contribution >= 0.6 is 0 Å². The van der Waals surface area contributed by atoms with Gasteiger partial charge in [-0.05, 0) is 17.9 Å². The summed E-state index contributed by atoms with van der Waals surface area (Å²) in [5.74, 6) is 2.19. The van der Waals surface area contributed by atoms with Gasteiger partial charge in [0.05, 0.1) is 6.04 Å². The smallest absolute Gasteiger partial charge is 0.167 e. The van der Waals surface area contributed by atoms with E-state index in [-0.39, 0.29) is 6.04 Å². The van der Waals surface area contributed by atoms with Crippen molar-refractivity contribution < 1.29 is 0 Å². The molecule has 0 amide bonds. The second kappa shape index (κ2) is 5.78. The normalized spacial score (nSPS) is 12.9. The summed E-state index contributed by atoms with van der Waals surface area (Å²) in [7, 11) is 0. The van der Waals surface area contributed by atoms with Crippen molar-refractivity contribution in [3.8, 4) is 0 Å². The van der Waals surface area contributed by atoms with Crippen LogP contribution in [0.3, 0.4) is 0 Å². The summed E-state index contributed by atoms with van der Waals surface area (Å²) in [6, 6.07) is 10.0. The largest absolute Gasteiger partial charge is 0.321 e. The van der Waals surface area contributed by atoms with Gasteiger partial charge >= 0.3 is 0 Å². The van der Waals surface area contributed by atoms with Crippen LogP contribution < -0.4 is 5.73 Å². The molecule has 3 N–H and O–H groups in total. The molecule has 0 bridgehead atoms. The number of nitrogens with zero attached hydrogens (tertiary/aromatic N) is 2. The second-order valence-electron chi connectivity index (χ2n) is 5.03. The van der Waals surface area contributed by atoms with E-state index in [1.165, 1.54) is 5.56 Å². The van der Waals surface area contributed by atoms with Crippen molar-refractivity contribution in [2.45, 2.75) is 32.7 Å². The summed E-state index contributed by atoms with van der Waals surface area (Å²) in [5.41, 5.74) is 7.33. The highest BCUT2D eigenvalue weighted by Gasteiger charge is 2.13. The van der Waals surface area contributed by atoms with Crippen LogP contribution in [0.1, 0.15) is 37.1 Å². The van der Waals surface area contributed by atoms with Crippen LogP contribution in [-0.4, -0.2) is 15.2 Å². The zero-order valence-electron chi connectivity index (χ0n) is 10.9. The Hall–Kier alpha value is -1.68. The van der Waals surface area contributed by atoms with Crippen molar-refractivity contribution in [3.05, 3.63) is 47.5 Å². The average Bonchev–Trinajstić information content (AvgIpc) is 2.78.